The van der Waals surface area contributed by atoms with E-state index in [-0.39, 0.29) is 22.3 Å². The van der Waals surface area contributed by atoms with Crippen LogP contribution in [0.1, 0.15) is 51.0 Å². The molecule has 0 amide bonds. The van der Waals surface area contributed by atoms with Crippen LogP contribution in [0.3, 0.4) is 0 Å². The maximum Gasteiger partial charge on any atom is 0.190 e. The molecule has 4 N–H and O–H groups in total. The largest absolute Gasteiger partial charge is 0.507 e. The molecular formula is C15H12O7. The van der Waals surface area contributed by atoms with E-state index in [4.69, 9.17) is 4.74 Å². The van der Waals surface area contributed by atoms with Crippen molar-refractivity contribution in [2.75, 3.05) is 0 Å². The molecule has 0 bridgehead atoms. The molecule has 7 heteroatoms. The number of rotatable bonds is 0. The molecule has 0 radical (unpaired) electrons. The van der Waals surface area contributed by atoms with Crippen molar-refractivity contribution in [3.8, 4) is 11.5 Å². The van der Waals surface area contributed by atoms with E-state index in [1.54, 1.807) is 0 Å². The Morgan fingerprint density at radius 1 is 1.05 bits per heavy atom. The van der Waals surface area contributed by atoms with Gasteiger partial charge in [0.05, 0.1) is 11.1 Å². The average molecular weight is 304 g/mol. The van der Waals surface area contributed by atoms with Crippen LogP contribution in [0.25, 0.3) is 0 Å². The van der Waals surface area contributed by atoms with Crippen LogP contribution >= 0.6 is 0 Å². The number of ketones is 2. The minimum Gasteiger partial charge on any atom is -0.507 e. The van der Waals surface area contributed by atoms with Gasteiger partial charge in [0.25, 0.3) is 0 Å². The fourth-order valence-electron chi connectivity index (χ4n) is 3.35. The molecule has 0 aromatic heterocycles. The normalized spacial score (nSPS) is 35.0. The van der Waals surface area contributed by atoms with Crippen LogP contribution in [0.4, 0.5) is 0 Å². The molecule has 1 aromatic rings. The van der Waals surface area contributed by atoms with Crippen molar-refractivity contribution >= 4 is 11.6 Å². The molecule has 0 unspecified atom stereocenters. The molecule has 114 valence electrons. The summed E-state index contributed by atoms with van der Waals surface area (Å²) in [6, 6.07) is 0. The van der Waals surface area contributed by atoms with Crippen molar-refractivity contribution in [1.29, 1.82) is 0 Å². The number of carbonyl (C=O) groups excluding carboxylic acids is 2. The number of carbonyl (C=O) groups is 2. The van der Waals surface area contributed by atoms with Crippen LogP contribution < -0.4 is 0 Å². The van der Waals surface area contributed by atoms with Gasteiger partial charge in [0.2, 0.25) is 0 Å². The summed E-state index contributed by atoms with van der Waals surface area (Å²) in [6.07, 6.45) is -1.05. The predicted octanol–water partition coefficient (Wildman–Crippen LogP) is 0.271. The first-order valence-electron chi connectivity index (χ1n) is 6.71. The molecule has 1 heterocycles. The highest BCUT2D eigenvalue weighted by molar-refractivity contribution is 6.24. The number of epoxide rings is 1. The van der Waals surface area contributed by atoms with Crippen LogP contribution in [-0.2, 0) is 4.74 Å². The van der Waals surface area contributed by atoms with E-state index in [0.29, 0.717) is 0 Å². The molecule has 1 aliphatic heterocycles. The summed E-state index contributed by atoms with van der Waals surface area (Å²) < 4.78 is 5.28. The number of aliphatic hydroxyl groups excluding tert-OH is 1. The number of phenols is 2. The lowest BCUT2D eigenvalue weighted by atomic mass is 9.75. The average Bonchev–Trinajstić information content (AvgIpc) is 3.24. The van der Waals surface area contributed by atoms with E-state index < -0.39 is 47.0 Å². The zero-order valence-corrected chi connectivity index (χ0v) is 11.4. The molecule has 7 nitrogen and oxygen atoms in total. The third-order valence-electron chi connectivity index (χ3n) is 4.58. The number of hydrogen-bond donors (Lipinski definition) is 4. The van der Waals surface area contributed by atoms with Gasteiger partial charge in [-0.3, -0.25) is 9.59 Å². The van der Waals surface area contributed by atoms with E-state index in [0.717, 1.165) is 12.2 Å². The van der Waals surface area contributed by atoms with Gasteiger partial charge in [-0.15, -0.1) is 0 Å². The molecule has 22 heavy (non-hydrogen) atoms. The number of benzene rings is 1. The second kappa shape index (κ2) is 3.75. The minimum atomic E-state index is -1.67. The Hall–Kier alpha value is -2.22. The van der Waals surface area contributed by atoms with Gasteiger partial charge in [-0.05, 0) is 19.1 Å². The number of fused-ring (bicyclic) bond motifs is 4. The minimum absolute atomic E-state index is 0.0525. The quantitative estimate of drug-likeness (QED) is 0.400. The van der Waals surface area contributed by atoms with Gasteiger partial charge >= 0.3 is 0 Å². The Kier molecular flexibility index (Phi) is 2.29. The van der Waals surface area contributed by atoms with Crippen LogP contribution in [0.2, 0.25) is 0 Å². The third-order valence-corrected chi connectivity index (χ3v) is 4.58. The van der Waals surface area contributed by atoms with Crippen molar-refractivity contribution in [3.63, 3.8) is 0 Å². The maximum absolute atomic E-state index is 12.0. The van der Waals surface area contributed by atoms with Gasteiger partial charge < -0.3 is 25.2 Å². The van der Waals surface area contributed by atoms with Gasteiger partial charge in [-0.25, -0.2) is 0 Å². The standard InChI is InChI=1S/C15H12O7/c1-15(21)13(20)9-8(12-14(15)22-12)10(18)6-4(16)2-3-5(17)7(6)11(9)19/h2-3,12-14,18-21H,1H3/t12-,13-,14-,15-/m0/s1. The molecule has 1 fully saturated rings. The number of allylic oxidation sites excluding steroid dienone is 2. The van der Waals surface area contributed by atoms with E-state index in [1.807, 2.05) is 0 Å². The lowest BCUT2D eigenvalue weighted by molar-refractivity contribution is -0.0829. The zero-order valence-electron chi connectivity index (χ0n) is 11.4. The highest BCUT2D eigenvalue weighted by Gasteiger charge is 2.63. The van der Waals surface area contributed by atoms with Crippen molar-refractivity contribution in [1.82, 2.24) is 0 Å². The highest BCUT2D eigenvalue weighted by atomic mass is 16.6. The molecule has 0 spiro atoms. The van der Waals surface area contributed by atoms with Gasteiger partial charge in [0.1, 0.15) is 35.4 Å². The molecule has 0 saturated carbocycles. The second-order valence-corrected chi connectivity index (χ2v) is 5.94. The summed E-state index contributed by atoms with van der Waals surface area (Å²) in [5.74, 6) is -2.37. The second-order valence-electron chi connectivity index (χ2n) is 5.94. The summed E-state index contributed by atoms with van der Waals surface area (Å²) in [5, 5.41) is 41.4. The Morgan fingerprint density at radius 3 is 2.09 bits per heavy atom. The number of aromatic hydroxyl groups is 2. The van der Waals surface area contributed by atoms with E-state index in [1.165, 1.54) is 6.92 Å². The van der Waals surface area contributed by atoms with Crippen molar-refractivity contribution in [2.45, 2.75) is 30.8 Å². The first kappa shape index (κ1) is 13.4. The number of hydrogen-bond acceptors (Lipinski definition) is 7. The molecule has 4 atom stereocenters. The fraction of sp³-hybridized carbons (Fsp3) is 0.333. The van der Waals surface area contributed by atoms with Crippen LogP contribution in [-0.4, -0.2) is 43.7 Å². The summed E-state index contributed by atoms with van der Waals surface area (Å²) in [7, 11) is 0. The van der Waals surface area contributed by atoms with E-state index in [9.17, 15) is 30.0 Å². The fourth-order valence-corrected chi connectivity index (χ4v) is 3.35. The summed E-state index contributed by atoms with van der Waals surface area (Å²) >= 11 is 0. The summed E-state index contributed by atoms with van der Waals surface area (Å²) in [6.45, 7) is 1.34. The maximum atomic E-state index is 12.0. The Morgan fingerprint density at radius 2 is 1.55 bits per heavy atom. The Bertz CT molecular complexity index is 790. The Balaban J connectivity index is 2.10. The SMILES string of the molecule is C[C@]1(O)[C@@H](O)c2c(O)c3c(c(O)c2[C@@H]2O[C@@H]21)C(=O)C=CC3=O. The number of ether oxygens (including phenoxy) is 1. The van der Waals surface area contributed by atoms with E-state index in [2.05, 4.69) is 0 Å². The highest BCUT2D eigenvalue weighted by Crippen LogP contribution is 2.61. The lowest BCUT2D eigenvalue weighted by Crippen LogP contribution is -2.42. The number of phenolic OH excluding ortho intramolecular Hbond substituents is 2. The first-order valence-corrected chi connectivity index (χ1v) is 6.71. The topological polar surface area (TPSA) is 128 Å². The molecule has 2 aliphatic carbocycles. The molecule has 4 rings (SSSR count). The molecule has 1 saturated heterocycles. The van der Waals surface area contributed by atoms with E-state index >= 15 is 0 Å². The predicted molar refractivity (Wildman–Crippen MR) is 70.8 cm³/mol. The molecule has 1 aromatic carbocycles. The van der Waals surface area contributed by atoms with Crippen molar-refractivity contribution in [2.24, 2.45) is 0 Å². The molecular weight excluding hydrogens is 292 g/mol. The van der Waals surface area contributed by atoms with Crippen LogP contribution in [0.5, 0.6) is 11.5 Å². The smallest absolute Gasteiger partial charge is 0.190 e. The third kappa shape index (κ3) is 1.36. The van der Waals surface area contributed by atoms with Crippen molar-refractivity contribution in [3.05, 3.63) is 34.4 Å². The van der Waals surface area contributed by atoms with Gasteiger partial charge in [-0.2, -0.15) is 0 Å². The van der Waals surface area contributed by atoms with Gasteiger partial charge in [0.15, 0.2) is 11.6 Å². The lowest BCUT2D eigenvalue weighted by Gasteiger charge is -2.34. The summed E-state index contributed by atoms with van der Waals surface area (Å²) in [4.78, 5) is 23.9. The first-order chi connectivity index (χ1) is 10.3. The molecule has 3 aliphatic rings. The summed E-state index contributed by atoms with van der Waals surface area (Å²) in [5.41, 5.74) is -2.45. The van der Waals surface area contributed by atoms with Gasteiger partial charge in [0, 0.05) is 11.1 Å². The van der Waals surface area contributed by atoms with Crippen LogP contribution in [0.15, 0.2) is 12.2 Å². The monoisotopic (exact) mass is 304 g/mol. The van der Waals surface area contributed by atoms with Crippen LogP contribution in [0, 0.1) is 0 Å². The van der Waals surface area contributed by atoms with Gasteiger partial charge in [-0.1, -0.05) is 0 Å². The van der Waals surface area contributed by atoms with Crippen molar-refractivity contribution < 1.29 is 34.8 Å². The Labute approximate surface area is 124 Å². The number of aliphatic hydroxyl groups is 2. The zero-order chi connectivity index (χ0) is 16.0.